The minimum absolute atomic E-state index is 0.0817. The molecule has 0 saturated heterocycles. The van der Waals surface area contributed by atoms with Gasteiger partial charge in [-0.1, -0.05) is 0 Å². The fourth-order valence-electron chi connectivity index (χ4n) is 0.877. The molecule has 0 aliphatic heterocycles. The van der Waals surface area contributed by atoms with Crippen LogP contribution in [0.25, 0.3) is 0 Å². The molecule has 0 saturated carbocycles. The van der Waals surface area contributed by atoms with Gasteiger partial charge in [0, 0.05) is 0 Å². The van der Waals surface area contributed by atoms with Crippen molar-refractivity contribution in [2.24, 2.45) is 5.73 Å². The molecule has 3 amide bonds. The Kier molecular flexibility index (Phi) is 6.71. The van der Waals surface area contributed by atoms with E-state index in [1.807, 2.05) is 0 Å². The third-order valence-corrected chi connectivity index (χ3v) is 1.93. The van der Waals surface area contributed by atoms with Crippen molar-refractivity contribution in [3.05, 3.63) is 0 Å². The second kappa shape index (κ2) is 7.49. The van der Waals surface area contributed by atoms with Gasteiger partial charge in [0.05, 0.1) is 18.7 Å². The summed E-state index contributed by atoms with van der Waals surface area (Å²) in [5, 5.41) is 12.8. The summed E-state index contributed by atoms with van der Waals surface area (Å²) in [6, 6.07) is -1.30. The maximum absolute atomic E-state index is 11.2. The normalized spacial score (nSPS) is 11.4. The van der Waals surface area contributed by atoms with E-state index in [0.717, 1.165) is 0 Å². The fraction of sp³-hybridized carbons (Fsp3) is 0.500. The molecule has 5 N–H and O–H groups in total. The number of carbonyl (C=O) groups is 4. The molecule has 17 heavy (non-hydrogen) atoms. The predicted octanol–water partition coefficient (Wildman–Crippen LogP) is -2.52. The number of hydrogen-bond donors (Lipinski definition) is 5. The summed E-state index contributed by atoms with van der Waals surface area (Å²) < 4.78 is 0. The first-order chi connectivity index (χ1) is 7.86. The van der Waals surface area contributed by atoms with Crippen molar-refractivity contribution in [3.8, 4) is 0 Å². The largest absolute Gasteiger partial charge is 0.481 e. The molecule has 0 rings (SSSR count). The quantitative estimate of drug-likeness (QED) is 0.322. The molecule has 0 heterocycles. The summed E-state index contributed by atoms with van der Waals surface area (Å²) in [5.41, 5.74) is 4.90. The first-order valence-corrected chi connectivity index (χ1v) is 5.18. The zero-order valence-electron chi connectivity index (χ0n) is 8.80. The van der Waals surface area contributed by atoms with Crippen LogP contribution in [0.4, 0.5) is 0 Å². The number of nitrogens with one attached hydrogen (secondary N) is 2. The van der Waals surface area contributed by atoms with Gasteiger partial charge in [-0.25, -0.2) is 0 Å². The lowest BCUT2D eigenvalue weighted by atomic mass is 10.2. The third kappa shape index (κ3) is 7.17. The van der Waals surface area contributed by atoms with Gasteiger partial charge in [-0.05, 0) is 0 Å². The smallest absolute Gasteiger partial charge is 0.305 e. The summed E-state index contributed by atoms with van der Waals surface area (Å²) in [7, 11) is 0. The highest BCUT2D eigenvalue weighted by Crippen LogP contribution is 1.91. The molecule has 0 aromatic rings. The summed E-state index contributed by atoms with van der Waals surface area (Å²) in [4.78, 5) is 43.1. The minimum atomic E-state index is -1.30. The van der Waals surface area contributed by atoms with Crippen LogP contribution in [0.5, 0.6) is 0 Å². The second-order valence-corrected chi connectivity index (χ2v) is 3.37. The monoisotopic (exact) mass is 263 g/mol. The maximum Gasteiger partial charge on any atom is 0.305 e. The highest BCUT2D eigenvalue weighted by Gasteiger charge is 2.21. The van der Waals surface area contributed by atoms with E-state index in [1.54, 1.807) is 0 Å². The van der Waals surface area contributed by atoms with Gasteiger partial charge in [0.15, 0.2) is 0 Å². The Morgan fingerprint density at radius 2 is 1.82 bits per heavy atom. The van der Waals surface area contributed by atoms with Crippen molar-refractivity contribution in [3.63, 3.8) is 0 Å². The summed E-state index contributed by atoms with van der Waals surface area (Å²) in [6.45, 7) is -0.372. The first-order valence-electron chi connectivity index (χ1n) is 4.54. The Morgan fingerprint density at radius 1 is 1.24 bits per heavy atom. The Hall–Kier alpha value is -1.77. The molecule has 8 nitrogen and oxygen atoms in total. The van der Waals surface area contributed by atoms with Crippen LogP contribution in [0.15, 0.2) is 0 Å². The number of nitrogens with two attached hydrogens (primary N) is 1. The van der Waals surface area contributed by atoms with Crippen LogP contribution >= 0.6 is 12.6 Å². The highest BCUT2D eigenvalue weighted by molar-refractivity contribution is 7.81. The van der Waals surface area contributed by atoms with Crippen LogP contribution < -0.4 is 16.4 Å². The van der Waals surface area contributed by atoms with Gasteiger partial charge in [-0.3, -0.25) is 19.2 Å². The number of aliphatic carboxylic acids is 1. The zero-order chi connectivity index (χ0) is 13.4. The SMILES string of the molecule is NC(=O)[C@H](CC(=O)O)NC(=O)CNC(=O)CS. The number of carboxylic acid groups (broad SMARTS) is 1. The average Bonchev–Trinajstić information content (AvgIpc) is 2.24. The highest BCUT2D eigenvalue weighted by atomic mass is 32.1. The van der Waals surface area contributed by atoms with E-state index in [-0.39, 0.29) is 12.3 Å². The number of amides is 3. The molecule has 0 bridgehead atoms. The molecule has 0 radical (unpaired) electrons. The lowest BCUT2D eigenvalue weighted by Crippen LogP contribution is -2.48. The van der Waals surface area contributed by atoms with E-state index in [4.69, 9.17) is 10.8 Å². The Morgan fingerprint density at radius 3 is 2.24 bits per heavy atom. The van der Waals surface area contributed by atoms with Crippen molar-refractivity contribution in [1.29, 1.82) is 0 Å². The minimum Gasteiger partial charge on any atom is -0.481 e. The fourth-order valence-corrected chi connectivity index (χ4v) is 0.989. The van der Waals surface area contributed by atoms with Crippen LogP contribution in [0.1, 0.15) is 6.42 Å². The molecule has 0 aromatic carbocycles. The van der Waals surface area contributed by atoms with E-state index in [0.29, 0.717) is 0 Å². The van der Waals surface area contributed by atoms with E-state index >= 15 is 0 Å². The van der Waals surface area contributed by atoms with Crippen molar-refractivity contribution in [1.82, 2.24) is 10.6 Å². The van der Waals surface area contributed by atoms with Crippen LogP contribution in [0, 0.1) is 0 Å². The van der Waals surface area contributed by atoms with Crippen LogP contribution in [0.3, 0.4) is 0 Å². The van der Waals surface area contributed by atoms with E-state index < -0.39 is 36.2 Å². The summed E-state index contributed by atoms with van der Waals surface area (Å²) in [5.74, 6) is -3.47. The number of carboxylic acids is 1. The number of rotatable bonds is 7. The second-order valence-electron chi connectivity index (χ2n) is 3.06. The first kappa shape index (κ1) is 15.2. The molecular weight excluding hydrogens is 250 g/mol. The van der Waals surface area contributed by atoms with Gasteiger partial charge in [0.2, 0.25) is 17.7 Å². The molecule has 9 heteroatoms. The Bertz CT molecular complexity index is 333. The van der Waals surface area contributed by atoms with Crippen LogP contribution in [-0.4, -0.2) is 47.1 Å². The van der Waals surface area contributed by atoms with Gasteiger partial charge in [-0.15, -0.1) is 0 Å². The molecule has 96 valence electrons. The number of primary amides is 1. The van der Waals surface area contributed by atoms with E-state index in [9.17, 15) is 19.2 Å². The summed E-state index contributed by atoms with van der Waals surface area (Å²) >= 11 is 3.67. The van der Waals surface area contributed by atoms with Gasteiger partial charge in [0.1, 0.15) is 6.04 Å². The standard InChI is InChI=1S/C8H13N3O5S/c9-8(16)4(1-7(14)15)11-5(12)2-10-6(13)3-17/h4,17H,1-3H2,(H2,9,16)(H,10,13)(H,11,12)(H,14,15)/t4-/m0/s1. The van der Waals surface area contributed by atoms with Crippen molar-refractivity contribution >= 4 is 36.3 Å². The molecule has 0 aromatic heterocycles. The average molecular weight is 263 g/mol. The molecule has 0 unspecified atom stereocenters. The van der Waals surface area contributed by atoms with E-state index in [1.165, 1.54) is 0 Å². The maximum atomic E-state index is 11.2. The van der Waals surface area contributed by atoms with Crippen LogP contribution in [0.2, 0.25) is 0 Å². The number of thiol groups is 1. The topological polar surface area (TPSA) is 139 Å². The van der Waals surface area contributed by atoms with Crippen LogP contribution in [-0.2, 0) is 19.2 Å². The van der Waals surface area contributed by atoms with Gasteiger partial charge >= 0.3 is 5.97 Å². The van der Waals surface area contributed by atoms with Crippen molar-refractivity contribution in [2.75, 3.05) is 12.3 Å². The molecule has 0 fully saturated rings. The molecule has 0 spiro atoms. The molecule has 0 aliphatic rings. The number of carbonyl (C=O) groups excluding carboxylic acids is 3. The molecule has 1 atom stereocenters. The Balaban J connectivity index is 4.17. The van der Waals surface area contributed by atoms with E-state index in [2.05, 4.69) is 23.3 Å². The third-order valence-electron chi connectivity index (χ3n) is 1.65. The lowest BCUT2D eigenvalue weighted by Gasteiger charge is -2.13. The number of hydrogen-bond acceptors (Lipinski definition) is 5. The summed E-state index contributed by atoms with van der Waals surface area (Å²) in [6.07, 6.45) is -0.610. The Labute approximate surface area is 102 Å². The van der Waals surface area contributed by atoms with Crippen molar-refractivity contribution < 1.29 is 24.3 Å². The lowest BCUT2D eigenvalue weighted by molar-refractivity contribution is -0.140. The molecular formula is C8H13N3O5S. The van der Waals surface area contributed by atoms with Crippen molar-refractivity contribution in [2.45, 2.75) is 12.5 Å². The van der Waals surface area contributed by atoms with Gasteiger partial charge < -0.3 is 21.5 Å². The molecule has 0 aliphatic carbocycles. The van der Waals surface area contributed by atoms with Gasteiger partial charge in [-0.2, -0.15) is 12.6 Å². The predicted molar refractivity (Wildman–Crippen MR) is 60.2 cm³/mol. The van der Waals surface area contributed by atoms with Gasteiger partial charge in [0.25, 0.3) is 0 Å². The zero-order valence-corrected chi connectivity index (χ0v) is 9.70.